The molecule has 1 aliphatic carbocycles. The highest BCUT2D eigenvalue weighted by atomic mass is 32.2. The molecule has 0 aromatic carbocycles. The van der Waals surface area contributed by atoms with Crippen molar-refractivity contribution in [2.75, 3.05) is 6.26 Å². The van der Waals surface area contributed by atoms with Crippen molar-refractivity contribution in [1.29, 1.82) is 5.41 Å². The highest BCUT2D eigenvalue weighted by Gasteiger charge is 2.15. The standard InChI is InChI=1S/C7H7NO3S/c1-12(10,11)5-2-3-7(9)6(8)4-5/h2-4,8H,1H3. The lowest BCUT2D eigenvalue weighted by Gasteiger charge is -2.03. The number of carbonyl (C=O) groups excluding carboxylic acids is 1. The Bertz CT molecular complexity index is 400. The number of rotatable bonds is 1. The van der Waals surface area contributed by atoms with E-state index in [1.54, 1.807) is 0 Å². The molecule has 0 aliphatic heterocycles. The molecule has 5 heteroatoms. The van der Waals surface area contributed by atoms with Gasteiger partial charge in [-0.2, -0.15) is 0 Å². The Morgan fingerprint density at radius 3 is 2.33 bits per heavy atom. The van der Waals surface area contributed by atoms with Gasteiger partial charge in [0.25, 0.3) is 0 Å². The summed E-state index contributed by atoms with van der Waals surface area (Å²) in [5.74, 6) is -0.470. The summed E-state index contributed by atoms with van der Waals surface area (Å²) in [6.07, 6.45) is 4.37. The molecule has 0 saturated carbocycles. The van der Waals surface area contributed by atoms with Crippen molar-refractivity contribution >= 4 is 21.3 Å². The fourth-order valence-electron chi connectivity index (χ4n) is 0.740. The Kier molecular flexibility index (Phi) is 1.97. The summed E-state index contributed by atoms with van der Waals surface area (Å²) in [7, 11) is -3.30. The third-order valence-electron chi connectivity index (χ3n) is 1.38. The molecule has 0 aromatic rings. The van der Waals surface area contributed by atoms with E-state index in [2.05, 4.69) is 0 Å². The minimum atomic E-state index is -3.30. The van der Waals surface area contributed by atoms with Gasteiger partial charge in [0, 0.05) is 6.26 Å². The Hall–Kier alpha value is -1.23. The van der Waals surface area contributed by atoms with Crippen LogP contribution < -0.4 is 0 Å². The van der Waals surface area contributed by atoms with Crippen molar-refractivity contribution in [2.45, 2.75) is 0 Å². The van der Waals surface area contributed by atoms with Crippen LogP contribution in [0.15, 0.2) is 23.1 Å². The molecule has 0 radical (unpaired) electrons. The van der Waals surface area contributed by atoms with Gasteiger partial charge in [-0.25, -0.2) is 8.42 Å². The number of allylic oxidation sites excluding steroid dienone is 3. The van der Waals surface area contributed by atoms with E-state index in [4.69, 9.17) is 5.41 Å². The third kappa shape index (κ3) is 1.68. The number of carbonyl (C=O) groups is 1. The Labute approximate surface area is 70.0 Å². The maximum atomic E-state index is 10.9. The molecule has 64 valence electrons. The lowest BCUT2D eigenvalue weighted by Crippen LogP contribution is -2.14. The summed E-state index contributed by atoms with van der Waals surface area (Å²) >= 11 is 0. The van der Waals surface area contributed by atoms with Gasteiger partial charge in [-0.1, -0.05) is 0 Å². The van der Waals surface area contributed by atoms with Gasteiger partial charge in [-0.3, -0.25) is 10.2 Å². The van der Waals surface area contributed by atoms with Crippen LogP contribution in [0.5, 0.6) is 0 Å². The molecule has 1 N–H and O–H groups in total. The van der Waals surface area contributed by atoms with Crippen LogP contribution in [0, 0.1) is 5.41 Å². The molecule has 0 spiro atoms. The third-order valence-corrected chi connectivity index (χ3v) is 2.49. The number of sulfone groups is 1. The maximum absolute atomic E-state index is 10.9. The average Bonchev–Trinajstić information content (AvgIpc) is 1.92. The molecule has 12 heavy (non-hydrogen) atoms. The highest BCUT2D eigenvalue weighted by Crippen LogP contribution is 2.10. The fourth-order valence-corrected chi connectivity index (χ4v) is 1.39. The second-order valence-electron chi connectivity index (χ2n) is 2.43. The van der Waals surface area contributed by atoms with E-state index in [1.807, 2.05) is 0 Å². The van der Waals surface area contributed by atoms with E-state index < -0.39 is 15.6 Å². The number of hydrogen-bond acceptors (Lipinski definition) is 4. The molecule has 0 atom stereocenters. The van der Waals surface area contributed by atoms with E-state index in [1.165, 1.54) is 6.08 Å². The van der Waals surface area contributed by atoms with Crippen molar-refractivity contribution in [1.82, 2.24) is 0 Å². The molecule has 0 bridgehead atoms. The van der Waals surface area contributed by atoms with Crippen molar-refractivity contribution < 1.29 is 13.2 Å². The predicted molar refractivity (Wildman–Crippen MR) is 44.8 cm³/mol. The molecule has 0 unspecified atom stereocenters. The molecule has 0 amide bonds. The van der Waals surface area contributed by atoms with Gasteiger partial charge in [0.05, 0.1) is 4.91 Å². The second kappa shape index (κ2) is 2.67. The molecule has 1 rings (SSSR count). The fraction of sp³-hybridized carbons (Fsp3) is 0.143. The van der Waals surface area contributed by atoms with Crippen LogP contribution >= 0.6 is 0 Å². The van der Waals surface area contributed by atoms with E-state index in [9.17, 15) is 13.2 Å². The first kappa shape index (κ1) is 8.86. The van der Waals surface area contributed by atoms with Crippen LogP contribution in [0.2, 0.25) is 0 Å². The minimum absolute atomic E-state index is 0.00657. The number of nitrogens with one attached hydrogen (secondary N) is 1. The predicted octanol–water partition coefficient (Wildman–Crippen LogP) is 0.0736. The first-order valence-electron chi connectivity index (χ1n) is 3.14. The monoisotopic (exact) mass is 185 g/mol. The molecule has 4 nitrogen and oxygen atoms in total. The summed E-state index contributed by atoms with van der Waals surface area (Å²) in [4.78, 5) is 10.7. The normalized spacial score (nSPS) is 17.9. The Morgan fingerprint density at radius 2 is 1.92 bits per heavy atom. The second-order valence-corrected chi connectivity index (χ2v) is 4.45. The highest BCUT2D eigenvalue weighted by molar-refractivity contribution is 7.94. The van der Waals surface area contributed by atoms with Crippen molar-refractivity contribution in [2.24, 2.45) is 0 Å². The lowest BCUT2D eigenvalue weighted by atomic mass is 10.1. The van der Waals surface area contributed by atoms with Gasteiger partial charge in [0.1, 0.15) is 5.71 Å². The van der Waals surface area contributed by atoms with Crippen molar-refractivity contribution in [3.05, 3.63) is 23.1 Å². The largest absolute Gasteiger partial charge is 0.297 e. The number of hydrogen-bond donors (Lipinski definition) is 1. The van der Waals surface area contributed by atoms with Crippen LogP contribution in [0.3, 0.4) is 0 Å². The molecule has 0 heterocycles. The van der Waals surface area contributed by atoms with Crippen molar-refractivity contribution in [3.63, 3.8) is 0 Å². The zero-order valence-corrected chi connectivity index (χ0v) is 7.18. The van der Waals surface area contributed by atoms with Gasteiger partial charge in [-0.05, 0) is 18.2 Å². The summed E-state index contributed by atoms with van der Waals surface area (Å²) in [6.45, 7) is 0. The first-order valence-corrected chi connectivity index (χ1v) is 5.03. The Morgan fingerprint density at radius 1 is 1.33 bits per heavy atom. The molecule has 0 fully saturated rings. The average molecular weight is 185 g/mol. The topological polar surface area (TPSA) is 75.1 Å². The summed E-state index contributed by atoms with van der Waals surface area (Å²) in [5.41, 5.74) is -0.294. The first-order chi connectivity index (χ1) is 5.41. The van der Waals surface area contributed by atoms with Crippen molar-refractivity contribution in [3.8, 4) is 0 Å². The smallest absolute Gasteiger partial charge is 0.203 e. The molecule has 1 aliphatic rings. The summed E-state index contributed by atoms with van der Waals surface area (Å²) in [6, 6.07) is 0. The summed E-state index contributed by atoms with van der Waals surface area (Å²) < 4.78 is 21.8. The summed E-state index contributed by atoms with van der Waals surface area (Å²) in [5, 5.41) is 7.06. The van der Waals surface area contributed by atoms with Gasteiger partial charge < -0.3 is 0 Å². The zero-order valence-electron chi connectivity index (χ0n) is 6.37. The van der Waals surface area contributed by atoms with E-state index in [-0.39, 0.29) is 10.6 Å². The van der Waals surface area contributed by atoms with Gasteiger partial charge >= 0.3 is 0 Å². The van der Waals surface area contributed by atoms with Crippen LogP contribution in [0.1, 0.15) is 0 Å². The van der Waals surface area contributed by atoms with Gasteiger partial charge in [0.2, 0.25) is 5.78 Å². The molecular formula is C7H7NO3S. The van der Waals surface area contributed by atoms with Crippen LogP contribution in [0.25, 0.3) is 0 Å². The maximum Gasteiger partial charge on any atom is 0.203 e. The molecule has 0 aromatic heterocycles. The van der Waals surface area contributed by atoms with E-state index >= 15 is 0 Å². The van der Waals surface area contributed by atoms with E-state index in [0.717, 1.165) is 18.4 Å². The zero-order chi connectivity index (χ0) is 9.35. The van der Waals surface area contributed by atoms with E-state index in [0.29, 0.717) is 0 Å². The van der Waals surface area contributed by atoms with Gasteiger partial charge in [0.15, 0.2) is 9.84 Å². The minimum Gasteiger partial charge on any atom is -0.297 e. The van der Waals surface area contributed by atoms with Crippen LogP contribution in [0.4, 0.5) is 0 Å². The Balaban J connectivity index is 3.16. The quantitative estimate of drug-likeness (QED) is 0.587. The lowest BCUT2D eigenvalue weighted by molar-refractivity contribution is -0.108. The molecular weight excluding hydrogens is 178 g/mol. The van der Waals surface area contributed by atoms with Gasteiger partial charge in [-0.15, -0.1) is 0 Å². The SMILES string of the molecule is CS(=O)(=O)C1=CC(=N)C(=O)C=C1. The molecule has 0 saturated heterocycles. The van der Waals surface area contributed by atoms with Crippen LogP contribution in [-0.2, 0) is 14.6 Å². The number of ketones is 1. The van der Waals surface area contributed by atoms with Crippen LogP contribution in [-0.4, -0.2) is 26.2 Å².